The fraction of sp³-hybridized carbons (Fsp3) is 0.125. The molecule has 0 bridgehead atoms. The highest BCUT2D eigenvalue weighted by molar-refractivity contribution is 6.61. The lowest BCUT2D eigenvalue weighted by molar-refractivity contribution is -0.129. The summed E-state index contributed by atoms with van der Waals surface area (Å²) >= 11 is 4.98. The van der Waals surface area contributed by atoms with E-state index in [1.807, 2.05) is 0 Å². The minimum atomic E-state index is -1.07. The summed E-state index contributed by atoms with van der Waals surface area (Å²) < 4.78 is 14.6. The highest BCUT2D eigenvalue weighted by Gasteiger charge is 2.26. The summed E-state index contributed by atoms with van der Waals surface area (Å²) in [4.78, 5) is 10.3. The van der Waals surface area contributed by atoms with Gasteiger partial charge in [0.25, 0.3) is 0 Å². The van der Waals surface area contributed by atoms with Crippen LogP contribution in [0.25, 0.3) is 0 Å². The molecular formula is C8H5ClO4. The van der Waals surface area contributed by atoms with E-state index in [0.29, 0.717) is 11.5 Å². The quantitative estimate of drug-likeness (QED) is 0.652. The third-order valence-electron chi connectivity index (χ3n) is 1.48. The third kappa shape index (κ3) is 1.67. The third-order valence-corrected chi connectivity index (χ3v) is 1.57. The first-order chi connectivity index (χ1) is 6.25. The Bertz CT molecular complexity index is 314. The highest BCUT2D eigenvalue weighted by Crippen LogP contribution is 2.34. The van der Waals surface area contributed by atoms with Gasteiger partial charge in [0.1, 0.15) is 0 Å². The lowest BCUT2D eigenvalue weighted by Crippen LogP contribution is -2.22. The van der Waals surface area contributed by atoms with Crippen LogP contribution in [0.1, 0.15) is 0 Å². The van der Waals surface area contributed by atoms with Crippen molar-refractivity contribution in [3.8, 4) is 11.5 Å². The van der Waals surface area contributed by atoms with Crippen LogP contribution in [0.3, 0.4) is 0 Å². The smallest absolute Gasteiger partial charge is 0.409 e. The van der Waals surface area contributed by atoms with Crippen LogP contribution in [0.15, 0.2) is 24.3 Å². The molecule has 0 atom stereocenters. The number of carbonyl (C=O) groups is 1. The van der Waals surface area contributed by atoms with Crippen molar-refractivity contribution in [1.29, 1.82) is 0 Å². The molecule has 0 aromatic heterocycles. The fourth-order valence-corrected chi connectivity index (χ4v) is 1.07. The molecule has 0 N–H and O–H groups in total. The SMILES string of the molecule is O=C(Cl)OC1Oc2ccccc2O1. The molecule has 0 aliphatic carbocycles. The van der Waals surface area contributed by atoms with Crippen LogP contribution in [-0.4, -0.2) is 11.9 Å². The Morgan fingerprint density at radius 3 is 2.31 bits per heavy atom. The molecule has 13 heavy (non-hydrogen) atoms. The van der Waals surface area contributed by atoms with E-state index in [9.17, 15) is 4.79 Å². The van der Waals surface area contributed by atoms with Crippen LogP contribution in [-0.2, 0) is 4.74 Å². The molecular weight excluding hydrogens is 196 g/mol. The maximum atomic E-state index is 10.3. The van der Waals surface area contributed by atoms with Gasteiger partial charge in [-0.05, 0) is 12.1 Å². The largest absolute Gasteiger partial charge is 0.419 e. The van der Waals surface area contributed by atoms with Gasteiger partial charge in [-0.15, -0.1) is 0 Å². The molecule has 1 aromatic carbocycles. The average molecular weight is 201 g/mol. The number of fused-ring (bicyclic) bond motifs is 1. The zero-order valence-corrected chi connectivity index (χ0v) is 7.15. The standard InChI is InChI=1S/C8H5ClO4/c9-7(10)13-8-11-5-3-1-2-4-6(5)12-8/h1-4,8H. The number of ether oxygens (including phenoxy) is 3. The number of hydrogen-bond donors (Lipinski definition) is 0. The van der Waals surface area contributed by atoms with Crippen molar-refractivity contribution < 1.29 is 19.0 Å². The first kappa shape index (κ1) is 8.19. The summed E-state index contributed by atoms with van der Waals surface area (Å²) in [6, 6.07) is 6.98. The second-order valence-electron chi connectivity index (χ2n) is 2.33. The molecule has 0 saturated carbocycles. The summed E-state index contributed by atoms with van der Waals surface area (Å²) in [6.07, 6.45) is 0. The summed E-state index contributed by atoms with van der Waals surface area (Å²) in [5.74, 6) is 1.07. The molecule has 1 aromatic rings. The van der Waals surface area contributed by atoms with Crippen molar-refractivity contribution in [2.45, 2.75) is 6.48 Å². The van der Waals surface area contributed by atoms with Crippen LogP contribution in [0.2, 0.25) is 0 Å². The molecule has 0 saturated heterocycles. The topological polar surface area (TPSA) is 44.8 Å². The normalized spacial score (nSPS) is 14.2. The number of rotatable bonds is 1. The Morgan fingerprint density at radius 1 is 1.31 bits per heavy atom. The van der Waals surface area contributed by atoms with Gasteiger partial charge in [0, 0.05) is 11.6 Å². The number of para-hydroxylation sites is 2. The van der Waals surface area contributed by atoms with Crippen molar-refractivity contribution in [1.82, 2.24) is 0 Å². The van der Waals surface area contributed by atoms with Crippen molar-refractivity contribution >= 4 is 17.0 Å². The van der Waals surface area contributed by atoms with Gasteiger partial charge in [-0.2, -0.15) is 0 Å². The van der Waals surface area contributed by atoms with Crippen LogP contribution in [0.5, 0.6) is 11.5 Å². The van der Waals surface area contributed by atoms with E-state index in [2.05, 4.69) is 4.74 Å². The lowest BCUT2D eigenvalue weighted by Gasteiger charge is -2.06. The van der Waals surface area contributed by atoms with Gasteiger partial charge >= 0.3 is 11.9 Å². The predicted octanol–water partition coefficient (Wildman–Crippen LogP) is 2.12. The van der Waals surface area contributed by atoms with Crippen LogP contribution in [0, 0.1) is 0 Å². The minimum Gasteiger partial charge on any atom is -0.419 e. The van der Waals surface area contributed by atoms with E-state index < -0.39 is 11.9 Å². The van der Waals surface area contributed by atoms with Gasteiger partial charge in [-0.25, -0.2) is 4.79 Å². The van der Waals surface area contributed by atoms with Crippen molar-refractivity contribution in [3.05, 3.63) is 24.3 Å². The second kappa shape index (κ2) is 3.14. The predicted molar refractivity (Wildman–Crippen MR) is 43.8 cm³/mol. The number of carbonyl (C=O) groups excluding carboxylic acids is 1. The molecule has 0 amide bonds. The number of benzene rings is 1. The Labute approximate surface area is 79.0 Å². The Kier molecular flexibility index (Phi) is 1.98. The molecule has 0 unspecified atom stereocenters. The second-order valence-corrected chi connectivity index (χ2v) is 2.64. The van der Waals surface area contributed by atoms with E-state index in [-0.39, 0.29) is 0 Å². The molecule has 1 aliphatic rings. The van der Waals surface area contributed by atoms with Gasteiger partial charge in [-0.3, -0.25) is 0 Å². The van der Waals surface area contributed by atoms with E-state index in [4.69, 9.17) is 21.1 Å². The van der Waals surface area contributed by atoms with Crippen LogP contribution >= 0.6 is 11.6 Å². The monoisotopic (exact) mass is 200 g/mol. The summed E-state index contributed by atoms with van der Waals surface area (Å²) in [6.45, 7) is -1.07. The Balaban J connectivity index is 2.09. The molecule has 5 heteroatoms. The first-order valence-electron chi connectivity index (χ1n) is 3.54. The summed E-state index contributed by atoms with van der Waals surface area (Å²) in [5.41, 5.74) is -0.960. The van der Waals surface area contributed by atoms with E-state index >= 15 is 0 Å². The van der Waals surface area contributed by atoms with Crippen LogP contribution < -0.4 is 9.47 Å². The lowest BCUT2D eigenvalue weighted by atomic mass is 10.3. The van der Waals surface area contributed by atoms with Gasteiger partial charge < -0.3 is 14.2 Å². The van der Waals surface area contributed by atoms with Gasteiger partial charge in [0.05, 0.1) is 0 Å². The summed E-state index contributed by atoms with van der Waals surface area (Å²) in [7, 11) is 0. The maximum absolute atomic E-state index is 10.3. The van der Waals surface area contributed by atoms with Crippen molar-refractivity contribution in [2.24, 2.45) is 0 Å². The zero-order valence-electron chi connectivity index (χ0n) is 6.40. The van der Waals surface area contributed by atoms with Gasteiger partial charge in [0.15, 0.2) is 11.5 Å². The van der Waals surface area contributed by atoms with Crippen molar-refractivity contribution in [2.75, 3.05) is 0 Å². The van der Waals surface area contributed by atoms with E-state index in [0.717, 1.165) is 0 Å². The number of halogens is 1. The Hall–Kier alpha value is -1.42. The molecule has 1 heterocycles. The van der Waals surface area contributed by atoms with Crippen molar-refractivity contribution in [3.63, 3.8) is 0 Å². The number of hydrogen-bond acceptors (Lipinski definition) is 4. The zero-order chi connectivity index (χ0) is 9.26. The Morgan fingerprint density at radius 2 is 1.85 bits per heavy atom. The molecule has 0 fully saturated rings. The maximum Gasteiger partial charge on any atom is 0.409 e. The molecule has 2 rings (SSSR count). The molecule has 0 radical (unpaired) electrons. The molecule has 0 spiro atoms. The van der Waals surface area contributed by atoms with Gasteiger partial charge in [0.2, 0.25) is 0 Å². The van der Waals surface area contributed by atoms with Gasteiger partial charge in [-0.1, -0.05) is 12.1 Å². The average Bonchev–Trinajstić information content (AvgIpc) is 2.44. The molecule has 4 nitrogen and oxygen atoms in total. The molecule has 68 valence electrons. The fourth-order valence-electron chi connectivity index (χ4n) is 1.00. The van der Waals surface area contributed by atoms with Crippen LogP contribution in [0.4, 0.5) is 4.79 Å². The highest BCUT2D eigenvalue weighted by atomic mass is 35.5. The molecule has 1 aliphatic heterocycles. The van der Waals surface area contributed by atoms with E-state index in [1.54, 1.807) is 24.3 Å². The first-order valence-corrected chi connectivity index (χ1v) is 3.92. The van der Waals surface area contributed by atoms with E-state index in [1.165, 1.54) is 0 Å². The minimum absolute atomic E-state index is 0.533. The summed E-state index contributed by atoms with van der Waals surface area (Å²) in [5, 5.41) is 0.